The van der Waals surface area contributed by atoms with Gasteiger partial charge in [0, 0.05) is 17.4 Å². The molecule has 134 valence electrons. The average molecular weight is 340 g/mol. The first kappa shape index (κ1) is 18.1. The van der Waals surface area contributed by atoms with Crippen molar-refractivity contribution in [2.45, 2.75) is 45.2 Å². The molecule has 1 fully saturated rings. The van der Waals surface area contributed by atoms with Crippen molar-refractivity contribution in [1.82, 2.24) is 0 Å². The Morgan fingerprint density at radius 3 is 1.80 bits per heavy atom. The van der Waals surface area contributed by atoms with Crippen LogP contribution in [0.15, 0.2) is 60.7 Å². The van der Waals surface area contributed by atoms with E-state index in [0.29, 0.717) is 5.56 Å². The number of benzene rings is 2. The average Bonchev–Trinajstić information content (AvgIpc) is 2.64. The summed E-state index contributed by atoms with van der Waals surface area (Å²) in [5.74, 6) is -2.08. The predicted octanol–water partition coefficient (Wildman–Crippen LogP) is 4.05. The molecule has 2 aromatic rings. The van der Waals surface area contributed by atoms with Crippen LogP contribution in [-0.4, -0.2) is 16.3 Å². The third-order valence-electron chi connectivity index (χ3n) is 5.83. The van der Waals surface area contributed by atoms with Crippen molar-refractivity contribution in [3.05, 3.63) is 71.8 Å². The van der Waals surface area contributed by atoms with E-state index in [2.05, 4.69) is 13.8 Å². The molecule has 0 saturated carbocycles. The second-order valence-electron chi connectivity index (χ2n) is 7.59. The zero-order valence-corrected chi connectivity index (χ0v) is 15.4. The molecule has 3 rings (SSSR count). The molecule has 25 heavy (non-hydrogen) atoms. The molecule has 0 aliphatic carbocycles. The summed E-state index contributed by atoms with van der Waals surface area (Å²) in [6.07, 6.45) is -0.272. The summed E-state index contributed by atoms with van der Waals surface area (Å²) in [4.78, 5) is 0. The number of hydrogen-bond donors (Lipinski definition) is 2. The van der Waals surface area contributed by atoms with Gasteiger partial charge < -0.3 is 14.9 Å². The van der Waals surface area contributed by atoms with Crippen molar-refractivity contribution in [3.8, 4) is 0 Å². The Labute approximate surface area is 150 Å². The summed E-state index contributed by atoms with van der Waals surface area (Å²) in [7, 11) is 0. The van der Waals surface area contributed by atoms with Crippen molar-refractivity contribution in [2.75, 3.05) is 0 Å². The quantitative estimate of drug-likeness (QED) is 0.886. The zero-order valence-electron chi connectivity index (χ0n) is 15.4. The molecule has 3 heteroatoms. The highest BCUT2D eigenvalue weighted by molar-refractivity contribution is 5.30. The molecule has 1 heterocycles. The van der Waals surface area contributed by atoms with E-state index in [1.807, 2.05) is 74.5 Å². The van der Waals surface area contributed by atoms with E-state index in [-0.39, 0.29) is 17.9 Å². The summed E-state index contributed by atoms with van der Waals surface area (Å²) >= 11 is 0. The fourth-order valence-corrected chi connectivity index (χ4v) is 4.28. The minimum atomic E-state index is -1.55. The van der Waals surface area contributed by atoms with E-state index in [0.717, 1.165) is 5.56 Å². The zero-order chi connectivity index (χ0) is 18.2. The van der Waals surface area contributed by atoms with Gasteiger partial charge in [-0.05, 0) is 11.5 Å². The van der Waals surface area contributed by atoms with E-state index in [1.54, 1.807) is 0 Å². The molecule has 0 radical (unpaired) electrons. The molecule has 0 spiro atoms. The number of hydrogen-bond acceptors (Lipinski definition) is 3. The van der Waals surface area contributed by atoms with Crippen molar-refractivity contribution < 1.29 is 14.9 Å². The SMILES string of the molecule is CC(C)[C@H]1O[C@@](O)(c2ccccc2)[C@H](C)[C@@](O)(c2ccccc2)[C@@H]1C. The molecular formula is C22H28O3. The van der Waals surface area contributed by atoms with Gasteiger partial charge in [0.2, 0.25) is 0 Å². The Hall–Kier alpha value is -1.68. The van der Waals surface area contributed by atoms with Gasteiger partial charge >= 0.3 is 0 Å². The van der Waals surface area contributed by atoms with Crippen molar-refractivity contribution >= 4 is 0 Å². The third kappa shape index (κ3) is 2.80. The Kier molecular flexibility index (Phi) is 4.76. The summed E-state index contributed by atoms with van der Waals surface area (Å²) in [6.45, 7) is 8.01. The molecule has 5 atom stereocenters. The van der Waals surface area contributed by atoms with Crippen molar-refractivity contribution in [1.29, 1.82) is 0 Å². The van der Waals surface area contributed by atoms with Gasteiger partial charge in [-0.2, -0.15) is 0 Å². The lowest BCUT2D eigenvalue weighted by molar-refractivity contribution is -0.362. The first-order valence-corrected chi connectivity index (χ1v) is 9.05. The molecule has 2 N–H and O–H groups in total. The molecule has 2 aromatic carbocycles. The largest absolute Gasteiger partial charge is 0.384 e. The Bertz CT molecular complexity index is 700. The summed E-state index contributed by atoms with van der Waals surface area (Å²) < 4.78 is 6.26. The molecule has 0 amide bonds. The molecule has 0 aromatic heterocycles. The lowest BCUT2D eigenvalue weighted by Gasteiger charge is -2.55. The highest BCUT2D eigenvalue weighted by Gasteiger charge is 2.60. The van der Waals surface area contributed by atoms with Crippen LogP contribution in [0.2, 0.25) is 0 Å². The van der Waals surface area contributed by atoms with Gasteiger partial charge in [-0.25, -0.2) is 0 Å². The first-order valence-electron chi connectivity index (χ1n) is 9.05. The van der Waals surface area contributed by atoms with Crippen LogP contribution < -0.4 is 0 Å². The normalized spacial score (nSPS) is 35.7. The lowest BCUT2D eigenvalue weighted by Crippen LogP contribution is -2.62. The molecule has 1 aliphatic heterocycles. The van der Waals surface area contributed by atoms with E-state index in [9.17, 15) is 10.2 Å². The standard InChI is InChI=1S/C22H28O3/c1-15(2)20-16(3)21(23,18-11-7-5-8-12-18)17(4)22(24,25-20)19-13-9-6-10-14-19/h5-17,20,23-24H,1-4H3/t16-,17-,20-,21-,22-/m1/s1. The van der Waals surface area contributed by atoms with Gasteiger partial charge in [0.25, 0.3) is 0 Å². The van der Waals surface area contributed by atoms with E-state index in [4.69, 9.17) is 4.74 Å². The fourth-order valence-electron chi connectivity index (χ4n) is 4.28. The Morgan fingerprint density at radius 1 is 0.840 bits per heavy atom. The van der Waals surface area contributed by atoms with Gasteiger partial charge in [-0.3, -0.25) is 0 Å². The van der Waals surface area contributed by atoms with Gasteiger partial charge in [-0.1, -0.05) is 88.4 Å². The van der Waals surface area contributed by atoms with Crippen LogP contribution >= 0.6 is 0 Å². The first-order chi connectivity index (χ1) is 11.8. The lowest BCUT2D eigenvalue weighted by atomic mass is 9.64. The monoisotopic (exact) mass is 340 g/mol. The molecular weight excluding hydrogens is 312 g/mol. The fraction of sp³-hybridized carbons (Fsp3) is 0.455. The maximum atomic E-state index is 11.9. The third-order valence-corrected chi connectivity index (χ3v) is 5.83. The van der Waals surface area contributed by atoms with Gasteiger partial charge in [0.1, 0.15) is 5.60 Å². The maximum Gasteiger partial charge on any atom is 0.198 e. The second-order valence-corrected chi connectivity index (χ2v) is 7.59. The van der Waals surface area contributed by atoms with Crippen LogP contribution in [0.5, 0.6) is 0 Å². The highest BCUT2D eigenvalue weighted by atomic mass is 16.6. The Morgan fingerprint density at radius 2 is 1.32 bits per heavy atom. The van der Waals surface area contributed by atoms with E-state index in [1.165, 1.54) is 0 Å². The predicted molar refractivity (Wildman–Crippen MR) is 98.7 cm³/mol. The van der Waals surface area contributed by atoms with E-state index < -0.39 is 17.3 Å². The minimum absolute atomic E-state index is 0.158. The molecule has 3 nitrogen and oxygen atoms in total. The molecule has 1 saturated heterocycles. The Balaban J connectivity index is 2.17. The van der Waals surface area contributed by atoms with Gasteiger partial charge in [0.05, 0.1) is 6.10 Å². The summed E-state index contributed by atoms with van der Waals surface area (Å²) in [5.41, 5.74) is 0.298. The van der Waals surface area contributed by atoms with Crippen LogP contribution in [0, 0.1) is 17.8 Å². The smallest absolute Gasteiger partial charge is 0.198 e. The van der Waals surface area contributed by atoms with Gasteiger partial charge in [-0.15, -0.1) is 0 Å². The van der Waals surface area contributed by atoms with Gasteiger partial charge in [0.15, 0.2) is 5.79 Å². The van der Waals surface area contributed by atoms with Crippen LogP contribution in [-0.2, 0) is 16.1 Å². The van der Waals surface area contributed by atoms with Crippen LogP contribution in [0.1, 0.15) is 38.8 Å². The van der Waals surface area contributed by atoms with Crippen molar-refractivity contribution in [3.63, 3.8) is 0 Å². The highest BCUT2D eigenvalue weighted by Crippen LogP contribution is 2.53. The van der Waals surface area contributed by atoms with Crippen molar-refractivity contribution in [2.24, 2.45) is 17.8 Å². The number of ether oxygens (including phenoxy) is 1. The molecule has 0 unspecified atom stereocenters. The summed E-state index contributed by atoms with van der Waals surface area (Å²) in [5, 5.41) is 23.4. The number of aliphatic hydroxyl groups is 2. The molecule has 0 bridgehead atoms. The van der Waals surface area contributed by atoms with Crippen LogP contribution in [0.25, 0.3) is 0 Å². The second kappa shape index (κ2) is 6.56. The topological polar surface area (TPSA) is 49.7 Å². The maximum absolute atomic E-state index is 11.9. The minimum Gasteiger partial charge on any atom is -0.384 e. The van der Waals surface area contributed by atoms with Crippen LogP contribution in [0.4, 0.5) is 0 Å². The van der Waals surface area contributed by atoms with E-state index >= 15 is 0 Å². The molecule has 1 aliphatic rings. The summed E-state index contributed by atoms with van der Waals surface area (Å²) in [6, 6.07) is 19.0. The van der Waals surface area contributed by atoms with Crippen LogP contribution in [0.3, 0.4) is 0 Å². The number of rotatable bonds is 3.